The first-order valence-corrected chi connectivity index (χ1v) is 5.05. The Morgan fingerprint density at radius 1 is 0.588 bits per heavy atom. The van der Waals surface area contributed by atoms with Crippen LogP contribution in [-0.2, 0) is 27.8 Å². The maximum atomic E-state index is 9.33. The van der Waals surface area contributed by atoms with Crippen molar-refractivity contribution in [1.82, 2.24) is 0 Å². The van der Waals surface area contributed by atoms with Gasteiger partial charge in [0, 0.05) is 0 Å². The van der Waals surface area contributed by atoms with E-state index in [1.807, 2.05) is 0 Å². The van der Waals surface area contributed by atoms with Gasteiger partial charge in [0.1, 0.15) is 0 Å². The molecular weight excluding hydrogens is 374 g/mol. The average Bonchev–Trinajstić information content (AvgIpc) is 2.19. The van der Waals surface area contributed by atoms with Gasteiger partial charge in [-0.15, -0.1) is 0 Å². The Morgan fingerprint density at radius 2 is 0.706 bits per heavy atom. The molecule has 0 aliphatic heterocycles. The maximum absolute atomic E-state index is 9.33. The molecule has 0 atom stereocenters. The van der Waals surface area contributed by atoms with Gasteiger partial charge in [-0.1, -0.05) is 0 Å². The van der Waals surface area contributed by atoms with E-state index in [4.69, 9.17) is 21.0 Å². The molecule has 88 valence electrons. The Hall–Kier alpha value is 3.84. The quantitative estimate of drug-likeness (QED) is 0.194. The van der Waals surface area contributed by atoms with Crippen molar-refractivity contribution in [3.8, 4) is 0 Å². The second-order valence-electron chi connectivity index (χ2n) is 1.19. The van der Waals surface area contributed by atoms with Gasteiger partial charge in [-0.2, -0.15) is 0 Å². The van der Waals surface area contributed by atoms with Crippen molar-refractivity contribution in [2.75, 3.05) is 0 Å². The Kier molecular flexibility index (Phi) is 34.4. The van der Waals surface area contributed by atoms with Crippen LogP contribution in [0, 0.1) is 0 Å². The van der Waals surface area contributed by atoms with Gasteiger partial charge < -0.3 is 49.5 Å². The molecule has 0 aliphatic rings. The molecule has 0 saturated carbocycles. The molecule has 0 spiro atoms. The van der Waals surface area contributed by atoms with Crippen LogP contribution in [0.3, 0.4) is 0 Å². The molecule has 0 aromatic heterocycles. The van der Waals surface area contributed by atoms with Gasteiger partial charge in [0.15, 0.2) is 0 Å². The smallest absolute Gasteiger partial charge is 0.757 e. The minimum absolute atomic E-state index is 0. The summed E-state index contributed by atoms with van der Waals surface area (Å²) in [5.41, 5.74) is 0. The molecule has 0 heterocycles. The Labute approximate surface area is 184 Å². The van der Waals surface area contributed by atoms with E-state index in [0.29, 0.717) is 0 Å². The number of phosphoric acid groups is 2. The van der Waals surface area contributed by atoms with E-state index in [0.717, 1.165) is 0 Å². The summed E-state index contributed by atoms with van der Waals surface area (Å²) in [5.74, 6) is 0. The standard InChI is InChI=1S/3Ca.2H3O6P/c;;;2*1-5-7(3,4)6-2/h;;;2*1-2H,(H,3,4)/q3*+2;;/p-6. The first-order chi connectivity index (χ1) is 6.24. The molecule has 17 heteroatoms. The van der Waals surface area contributed by atoms with Gasteiger partial charge in [0.2, 0.25) is 15.6 Å². The largest absolute Gasteiger partial charge is 2.00 e. The molecule has 0 unspecified atom stereocenters. The summed E-state index contributed by atoms with van der Waals surface area (Å²) < 4.78 is 27.9. The van der Waals surface area contributed by atoms with Crippen molar-refractivity contribution in [2.45, 2.75) is 0 Å². The Balaban J connectivity index is -0.0000000480. The predicted molar refractivity (Wildman–Crippen MR) is 36.8 cm³/mol. The summed E-state index contributed by atoms with van der Waals surface area (Å²) in [6, 6.07) is 0. The van der Waals surface area contributed by atoms with Crippen LogP contribution < -0.4 is 30.8 Å². The number of hydrogen-bond donors (Lipinski definition) is 0. The van der Waals surface area contributed by atoms with Gasteiger partial charge in [0.05, 0.1) is 0 Å². The van der Waals surface area contributed by atoms with Gasteiger partial charge in [0.25, 0.3) is 0 Å². The molecule has 0 fully saturated rings. The summed E-state index contributed by atoms with van der Waals surface area (Å²) in [6.07, 6.45) is 0. The van der Waals surface area contributed by atoms with Crippen molar-refractivity contribution in [3.63, 3.8) is 0 Å². The number of hydrogen-bond acceptors (Lipinski definition) is 12. The zero-order valence-corrected chi connectivity index (χ0v) is 16.3. The van der Waals surface area contributed by atoms with Crippen LogP contribution in [0.4, 0.5) is 0 Å². The van der Waals surface area contributed by atoms with E-state index in [2.05, 4.69) is 18.7 Å². The topological polar surface area (TPSA) is 209 Å². The third kappa shape index (κ3) is 25.2. The molecule has 0 amide bonds. The van der Waals surface area contributed by atoms with E-state index in [1.165, 1.54) is 0 Å². The van der Waals surface area contributed by atoms with E-state index in [9.17, 15) is 18.9 Å². The van der Waals surface area contributed by atoms with Crippen molar-refractivity contribution in [3.05, 3.63) is 0 Å². The van der Waals surface area contributed by atoms with Crippen molar-refractivity contribution in [1.29, 1.82) is 0 Å². The summed E-state index contributed by atoms with van der Waals surface area (Å²) in [4.78, 5) is 18.7. The minimum Gasteiger partial charge on any atom is -0.757 e. The molecule has 0 saturated heterocycles. The van der Waals surface area contributed by atoms with Crippen LogP contribution in [0.25, 0.3) is 0 Å². The molecule has 0 aliphatic carbocycles. The SMILES string of the molecule is O=P([O-])(O[O-])O[O-].O=P([O-])(O[O-])O[O-].[Ca+2].[Ca+2].[Ca+2]. The van der Waals surface area contributed by atoms with E-state index in [-0.39, 0.29) is 113 Å². The summed E-state index contributed by atoms with van der Waals surface area (Å²) in [7, 11) is -10.0. The van der Waals surface area contributed by atoms with Gasteiger partial charge >= 0.3 is 113 Å². The van der Waals surface area contributed by atoms with E-state index in [1.54, 1.807) is 0 Å². The van der Waals surface area contributed by atoms with Crippen LogP contribution in [0.15, 0.2) is 0 Å². The first kappa shape index (κ1) is 32.7. The van der Waals surface area contributed by atoms with Crippen LogP contribution in [0.1, 0.15) is 0 Å². The van der Waals surface area contributed by atoms with Gasteiger partial charge in [-0.05, 0) is 0 Å². The molecule has 0 radical (unpaired) electrons. The minimum atomic E-state index is -5.02. The normalized spacial score (nSPS) is 9.76. The summed E-state index contributed by atoms with van der Waals surface area (Å²) >= 11 is 0. The third-order valence-corrected chi connectivity index (χ3v) is 1.10. The average molecular weight is 374 g/mol. The maximum Gasteiger partial charge on any atom is 2.00 e. The van der Waals surface area contributed by atoms with E-state index >= 15 is 0 Å². The molecule has 0 bridgehead atoms. The molecule has 0 aromatic rings. The van der Waals surface area contributed by atoms with Gasteiger partial charge in [-0.25, -0.2) is 0 Å². The fourth-order valence-electron chi connectivity index (χ4n) is 0.0248. The zero-order chi connectivity index (χ0) is 11.8. The summed E-state index contributed by atoms with van der Waals surface area (Å²) in [6.45, 7) is 0. The third-order valence-electron chi connectivity index (χ3n) is 0.365. The Morgan fingerprint density at radius 3 is 0.706 bits per heavy atom. The van der Waals surface area contributed by atoms with Crippen LogP contribution in [-0.4, -0.2) is 113 Å². The molecule has 17 heavy (non-hydrogen) atoms. The molecule has 12 nitrogen and oxygen atoms in total. The fraction of sp³-hybridized carbons (Fsp3) is 0. The summed E-state index contributed by atoms with van der Waals surface area (Å²) in [5, 5.41) is 35.1. The van der Waals surface area contributed by atoms with Crippen molar-refractivity contribution < 1.29 is 58.6 Å². The number of rotatable bonds is 4. The van der Waals surface area contributed by atoms with Crippen molar-refractivity contribution >= 4 is 129 Å². The van der Waals surface area contributed by atoms with Gasteiger partial charge in [-0.3, -0.25) is 9.13 Å². The van der Waals surface area contributed by atoms with Crippen LogP contribution >= 0.6 is 15.6 Å². The second-order valence-corrected chi connectivity index (χ2v) is 3.58. The second kappa shape index (κ2) is 17.9. The molecule has 0 N–H and O–H groups in total. The van der Waals surface area contributed by atoms with Crippen LogP contribution in [0.5, 0.6) is 0 Å². The molecule has 0 rings (SSSR count). The monoisotopic (exact) mass is 374 g/mol. The van der Waals surface area contributed by atoms with Crippen molar-refractivity contribution in [2.24, 2.45) is 0 Å². The predicted octanol–water partition coefficient (Wildman–Crippen LogP) is -7.07. The Bertz CT molecular complexity index is 188. The fourth-order valence-corrected chi connectivity index (χ4v) is 0.0745. The first-order valence-electron chi connectivity index (χ1n) is 2.13. The molecular formula is Ca3O12P2. The van der Waals surface area contributed by atoms with Crippen LogP contribution in [0.2, 0.25) is 0 Å². The molecule has 0 aromatic carbocycles. The van der Waals surface area contributed by atoms with E-state index < -0.39 is 15.6 Å². The zero-order valence-electron chi connectivity index (χ0n) is 7.91.